The van der Waals surface area contributed by atoms with E-state index in [0.29, 0.717) is 36.3 Å². The number of nitrogens with zero attached hydrogens (tertiary/aromatic N) is 5. The third-order valence-electron chi connectivity index (χ3n) is 4.95. The Hall–Kier alpha value is -2.85. The molecule has 0 aromatic carbocycles. The van der Waals surface area contributed by atoms with Crippen molar-refractivity contribution in [2.45, 2.75) is 37.5 Å². The van der Waals surface area contributed by atoms with Crippen LogP contribution in [0.1, 0.15) is 35.9 Å². The maximum absolute atomic E-state index is 13.1. The van der Waals surface area contributed by atoms with E-state index < -0.39 is 10.0 Å². The van der Waals surface area contributed by atoms with E-state index in [2.05, 4.69) is 25.4 Å². The van der Waals surface area contributed by atoms with Gasteiger partial charge < -0.3 is 9.84 Å². The zero-order chi connectivity index (χ0) is 20.4. The van der Waals surface area contributed by atoms with E-state index in [0.717, 1.165) is 18.5 Å². The molecule has 1 N–H and O–H groups in total. The quantitative estimate of drug-likeness (QED) is 0.678. The summed E-state index contributed by atoms with van der Waals surface area (Å²) in [7, 11) is -3.67. The Bertz CT molecular complexity index is 1080. The van der Waals surface area contributed by atoms with Crippen LogP contribution in [-0.4, -0.2) is 45.9 Å². The van der Waals surface area contributed by atoms with Crippen LogP contribution in [0.5, 0.6) is 0 Å². The van der Waals surface area contributed by atoms with Crippen LogP contribution in [0.4, 0.5) is 11.8 Å². The van der Waals surface area contributed by atoms with Gasteiger partial charge in [0.1, 0.15) is 16.4 Å². The van der Waals surface area contributed by atoms with Gasteiger partial charge in [-0.05, 0) is 44.9 Å². The van der Waals surface area contributed by atoms with E-state index in [9.17, 15) is 8.42 Å². The average molecular weight is 414 g/mol. The molecule has 1 fully saturated rings. The monoisotopic (exact) mass is 414 g/mol. The van der Waals surface area contributed by atoms with Crippen molar-refractivity contribution in [1.29, 1.82) is 0 Å². The normalized spacial score (nSPS) is 17.9. The molecule has 0 amide bonds. The molecular weight excluding hydrogens is 392 g/mol. The van der Waals surface area contributed by atoms with Crippen LogP contribution in [0.15, 0.2) is 46.1 Å². The minimum atomic E-state index is -3.67. The van der Waals surface area contributed by atoms with Gasteiger partial charge >= 0.3 is 0 Å². The maximum atomic E-state index is 13.1. The third-order valence-corrected chi connectivity index (χ3v) is 7.06. The summed E-state index contributed by atoms with van der Waals surface area (Å²) < 4.78 is 32.9. The predicted octanol–water partition coefficient (Wildman–Crippen LogP) is 2.79. The van der Waals surface area contributed by atoms with Gasteiger partial charge in [0.15, 0.2) is 5.76 Å². The number of aryl methyl sites for hydroxylation is 2. The number of anilines is 2. The largest absolute Gasteiger partial charge is 0.360 e. The Morgan fingerprint density at radius 3 is 2.76 bits per heavy atom. The molecule has 0 saturated carbocycles. The van der Waals surface area contributed by atoms with Crippen molar-refractivity contribution >= 4 is 21.8 Å². The molecule has 4 heterocycles. The van der Waals surface area contributed by atoms with Crippen molar-refractivity contribution in [3.8, 4) is 0 Å². The minimum Gasteiger partial charge on any atom is -0.360 e. The highest BCUT2D eigenvalue weighted by molar-refractivity contribution is 7.89. The van der Waals surface area contributed by atoms with Crippen LogP contribution in [0.25, 0.3) is 0 Å². The van der Waals surface area contributed by atoms with Gasteiger partial charge in [0, 0.05) is 31.4 Å². The minimum absolute atomic E-state index is 0.0220. The molecule has 0 bridgehead atoms. The lowest BCUT2D eigenvalue weighted by Crippen LogP contribution is -2.39. The van der Waals surface area contributed by atoms with Gasteiger partial charge in [-0.2, -0.15) is 4.31 Å². The summed E-state index contributed by atoms with van der Waals surface area (Å²) in [5.41, 5.74) is 1.19. The van der Waals surface area contributed by atoms with Crippen LogP contribution < -0.4 is 5.32 Å². The summed E-state index contributed by atoms with van der Waals surface area (Å²) in [6.07, 6.45) is 4.97. The highest BCUT2D eigenvalue weighted by Gasteiger charge is 2.35. The Kier molecular flexibility index (Phi) is 5.29. The molecule has 0 unspecified atom stereocenters. The van der Waals surface area contributed by atoms with Crippen molar-refractivity contribution in [3.63, 3.8) is 0 Å². The Labute approximate surface area is 169 Å². The highest BCUT2D eigenvalue weighted by Crippen LogP contribution is 2.31. The number of pyridine rings is 1. The van der Waals surface area contributed by atoms with E-state index in [1.807, 2.05) is 24.3 Å². The first-order chi connectivity index (χ1) is 13.9. The fraction of sp³-hybridized carbons (Fsp3) is 0.368. The number of nitrogens with one attached hydrogen (secondary N) is 1. The van der Waals surface area contributed by atoms with E-state index in [4.69, 9.17) is 4.52 Å². The smallest absolute Gasteiger partial charge is 0.248 e. The lowest BCUT2D eigenvalue weighted by Gasteiger charge is -2.31. The topological polar surface area (TPSA) is 114 Å². The molecule has 1 aliphatic rings. The molecule has 29 heavy (non-hydrogen) atoms. The fourth-order valence-electron chi connectivity index (χ4n) is 3.59. The Morgan fingerprint density at radius 2 is 2.03 bits per heavy atom. The summed E-state index contributed by atoms with van der Waals surface area (Å²) in [5.74, 6) is 1.38. The number of hydrogen-bond donors (Lipinski definition) is 1. The molecule has 3 aromatic rings. The van der Waals surface area contributed by atoms with Crippen LogP contribution >= 0.6 is 0 Å². The van der Waals surface area contributed by atoms with E-state index in [-0.39, 0.29) is 10.8 Å². The maximum Gasteiger partial charge on any atom is 0.248 e. The molecule has 1 atom stereocenters. The molecule has 0 radical (unpaired) electrons. The summed E-state index contributed by atoms with van der Waals surface area (Å²) in [5, 5.41) is 6.87. The lowest BCUT2D eigenvalue weighted by atomic mass is 9.96. The molecule has 10 heteroatoms. The van der Waals surface area contributed by atoms with Crippen molar-refractivity contribution < 1.29 is 12.9 Å². The second-order valence-electron chi connectivity index (χ2n) is 7.00. The van der Waals surface area contributed by atoms with Gasteiger partial charge in [0.25, 0.3) is 0 Å². The van der Waals surface area contributed by atoms with E-state index >= 15 is 0 Å². The summed E-state index contributed by atoms with van der Waals surface area (Å²) in [4.78, 5) is 13.2. The third kappa shape index (κ3) is 3.99. The molecule has 1 saturated heterocycles. The second-order valence-corrected chi connectivity index (χ2v) is 8.88. The number of hydrogen-bond acceptors (Lipinski definition) is 8. The zero-order valence-corrected chi connectivity index (χ0v) is 17.1. The molecule has 152 valence electrons. The zero-order valence-electron chi connectivity index (χ0n) is 16.2. The number of aromatic nitrogens is 4. The Morgan fingerprint density at radius 1 is 1.17 bits per heavy atom. The van der Waals surface area contributed by atoms with Gasteiger partial charge in [-0.15, -0.1) is 0 Å². The molecular formula is C19H22N6O3S. The van der Waals surface area contributed by atoms with Crippen LogP contribution in [0.3, 0.4) is 0 Å². The first-order valence-corrected chi connectivity index (χ1v) is 10.8. The average Bonchev–Trinajstić information content (AvgIpc) is 3.08. The predicted molar refractivity (Wildman–Crippen MR) is 106 cm³/mol. The molecule has 0 spiro atoms. The summed E-state index contributed by atoms with van der Waals surface area (Å²) in [6, 6.07) is 7.37. The van der Waals surface area contributed by atoms with Crippen molar-refractivity contribution in [2.75, 3.05) is 18.4 Å². The lowest BCUT2D eigenvalue weighted by molar-refractivity contribution is 0.312. The molecule has 9 nitrogen and oxygen atoms in total. The van der Waals surface area contributed by atoms with Crippen molar-refractivity contribution in [2.24, 2.45) is 0 Å². The van der Waals surface area contributed by atoms with Gasteiger partial charge in [-0.3, -0.25) is 0 Å². The molecule has 1 aliphatic heterocycles. The molecule has 3 aromatic heterocycles. The van der Waals surface area contributed by atoms with Gasteiger partial charge in [0.2, 0.25) is 16.0 Å². The van der Waals surface area contributed by atoms with Crippen LogP contribution in [0.2, 0.25) is 0 Å². The van der Waals surface area contributed by atoms with Crippen LogP contribution in [0, 0.1) is 13.8 Å². The number of piperidine rings is 1. The van der Waals surface area contributed by atoms with Crippen molar-refractivity contribution in [1.82, 2.24) is 24.4 Å². The first-order valence-electron chi connectivity index (χ1n) is 9.39. The first kappa shape index (κ1) is 19.5. The number of rotatable bonds is 5. The van der Waals surface area contributed by atoms with Crippen molar-refractivity contribution in [3.05, 3.63) is 53.8 Å². The Balaban J connectivity index is 1.55. The molecule has 0 aliphatic carbocycles. The fourth-order valence-corrected chi connectivity index (χ4v) is 5.40. The standard InChI is InChI=1S/C19H22N6O3S/c1-13-18(14(2)28-24-13)29(26,27)25-11-5-6-15(12-25)16-8-10-21-19(22-16)23-17-7-3-4-9-20-17/h3-4,7-10,15H,5-6,11-12H2,1-2H3,(H,20,21,22,23)/t15-/m0/s1. The SMILES string of the molecule is Cc1noc(C)c1S(=O)(=O)N1CCC[C@H](c2ccnc(Nc3ccccn3)n2)C1. The van der Waals surface area contributed by atoms with Gasteiger partial charge in [-0.1, -0.05) is 11.2 Å². The van der Waals surface area contributed by atoms with Gasteiger partial charge in [0.05, 0.1) is 5.69 Å². The van der Waals surface area contributed by atoms with E-state index in [1.165, 1.54) is 4.31 Å². The highest BCUT2D eigenvalue weighted by atomic mass is 32.2. The van der Waals surface area contributed by atoms with Crippen LogP contribution in [-0.2, 0) is 10.0 Å². The molecule has 4 rings (SSSR count). The summed E-state index contributed by atoms with van der Waals surface area (Å²) >= 11 is 0. The summed E-state index contributed by atoms with van der Waals surface area (Å²) in [6.45, 7) is 4.08. The second kappa shape index (κ2) is 7.88. The van der Waals surface area contributed by atoms with Gasteiger partial charge in [-0.25, -0.2) is 23.4 Å². The van der Waals surface area contributed by atoms with E-state index in [1.54, 1.807) is 26.2 Å². The number of sulfonamides is 1.